The maximum absolute atomic E-state index is 11.9. The average molecular weight is 421 g/mol. The third-order valence-corrected chi connectivity index (χ3v) is 4.71. The molecule has 0 bridgehead atoms. The fraction of sp³-hybridized carbons (Fsp3) is 0.636. The lowest BCUT2D eigenvalue weighted by Gasteiger charge is -2.17. The van der Waals surface area contributed by atoms with Crippen molar-refractivity contribution in [1.82, 2.24) is 15.5 Å². The topological polar surface area (TPSA) is 84.4 Å². The van der Waals surface area contributed by atoms with E-state index in [9.17, 15) is 4.79 Å². The summed E-state index contributed by atoms with van der Waals surface area (Å²) < 4.78 is 17.0. The highest BCUT2D eigenvalue weighted by Crippen LogP contribution is 2.28. The second-order valence-electron chi connectivity index (χ2n) is 7.29. The van der Waals surface area contributed by atoms with E-state index in [0.29, 0.717) is 32.3 Å². The quantitative estimate of drug-likeness (QED) is 0.420. The number of amides is 1. The van der Waals surface area contributed by atoms with Gasteiger partial charge < -0.3 is 29.7 Å². The molecule has 0 radical (unpaired) electrons. The van der Waals surface area contributed by atoms with Gasteiger partial charge >= 0.3 is 0 Å². The minimum atomic E-state index is -0.0407. The Kier molecular flexibility index (Phi) is 10.3. The Morgan fingerprint density at radius 3 is 2.63 bits per heavy atom. The molecule has 1 aromatic carbocycles. The minimum absolute atomic E-state index is 0.0407. The van der Waals surface area contributed by atoms with E-state index in [1.54, 1.807) is 14.1 Å². The second-order valence-corrected chi connectivity index (χ2v) is 7.29. The van der Waals surface area contributed by atoms with E-state index in [-0.39, 0.29) is 18.6 Å². The van der Waals surface area contributed by atoms with E-state index in [1.165, 1.54) is 4.90 Å². The molecule has 30 heavy (non-hydrogen) atoms. The summed E-state index contributed by atoms with van der Waals surface area (Å²) >= 11 is 0. The first-order valence-corrected chi connectivity index (χ1v) is 10.8. The Morgan fingerprint density at radius 1 is 1.20 bits per heavy atom. The summed E-state index contributed by atoms with van der Waals surface area (Å²) in [6, 6.07) is 6.01. The highest BCUT2D eigenvalue weighted by Gasteiger charge is 2.16. The summed E-state index contributed by atoms with van der Waals surface area (Å²) in [5.41, 5.74) is 1.14. The van der Waals surface area contributed by atoms with E-state index >= 15 is 0 Å². The van der Waals surface area contributed by atoms with Gasteiger partial charge in [0.2, 0.25) is 5.91 Å². The number of aliphatic imine (C=N–C) groups is 1. The SMILES string of the molecule is CCOc1ccc(CCNC(=NCC(=O)N(C)C)NCC2CCCO2)cc1OCC. The fourth-order valence-electron chi connectivity index (χ4n) is 3.05. The number of benzene rings is 1. The predicted octanol–water partition coefficient (Wildman–Crippen LogP) is 1.83. The summed E-state index contributed by atoms with van der Waals surface area (Å²) in [6.07, 6.45) is 3.12. The maximum atomic E-state index is 11.9. The number of likely N-dealkylation sites (N-methyl/N-ethyl adjacent to an activating group) is 1. The van der Waals surface area contributed by atoms with Crippen LogP contribution in [-0.2, 0) is 16.0 Å². The Hall–Kier alpha value is -2.48. The fourth-order valence-corrected chi connectivity index (χ4v) is 3.05. The number of guanidine groups is 1. The average Bonchev–Trinajstić information content (AvgIpc) is 3.25. The molecule has 0 aliphatic carbocycles. The van der Waals surface area contributed by atoms with Crippen molar-refractivity contribution in [2.45, 2.75) is 39.2 Å². The number of carbonyl (C=O) groups is 1. The third-order valence-electron chi connectivity index (χ3n) is 4.71. The van der Waals surface area contributed by atoms with E-state index in [0.717, 1.165) is 42.9 Å². The largest absolute Gasteiger partial charge is 0.490 e. The first-order valence-electron chi connectivity index (χ1n) is 10.8. The molecule has 0 aromatic heterocycles. The van der Waals surface area contributed by atoms with Crippen molar-refractivity contribution in [3.05, 3.63) is 23.8 Å². The molecule has 1 fully saturated rings. The van der Waals surface area contributed by atoms with Gasteiger partial charge in [0.05, 0.1) is 19.3 Å². The van der Waals surface area contributed by atoms with E-state index in [4.69, 9.17) is 14.2 Å². The van der Waals surface area contributed by atoms with Crippen LogP contribution in [0.15, 0.2) is 23.2 Å². The lowest BCUT2D eigenvalue weighted by Crippen LogP contribution is -2.42. The molecule has 8 heteroatoms. The molecule has 1 atom stereocenters. The molecule has 1 heterocycles. The summed E-state index contributed by atoms with van der Waals surface area (Å²) in [5.74, 6) is 2.11. The van der Waals surface area contributed by atoms with Crippen LogP contribution in [0.2, 0.25) is 0 Å². The molecule has 1 aliphatic rings. The maximum Gasteiger partial charge on any atom is 0.243 e. The van der Waals surface area contributed by atoms with Gasteiger partial charge in [0.15, 0.2) is 17.5 Å². The van der Waals surface area contributed by atoms with Crippen LogP contribution in [0.4, 0.5) is 0 Å². The molecule has 0 spiro atoms. The van der Waals surface area contributed by atoms with E-state index in [2.05, 4.69) is 15.6 Å². The van der Waals surface area contributed by atoms with Crippen molar-refractivity contribution in [2.75, 3.05) is 53.6 Å². The molecule has 0 saturated carbocycles. The summed E-state index contributed by atoms with van der Waals surface area (Å²) in [7, 11) is 3.46. The second kappa shape index (κ2) is 13.0. The van der Waals surface area contributed by atoms with Gasteiger partial charge in [0.25, 0.3) is 0 Å². The number of ether oxygens (including phenoxy) is 3. The highest BCUT2D eigenvalue weighted by molar-refractivity contribution is 5.84. The standard InChI is InChI=1S/C22H36N4O4/c1-5-28-19-10-9-17(14-20(19)29-6-2)11-12-23-22(25-16-21(27)26(3)4)24-15-18-8-7-13-30-18/h9-10,14,18H,5-8,11-13,15-16H2,1-4H3,(H2,23,24,25). The highest BCUT2D eigenvalue weighted by atomic mass is 16.5. The van der Waals surface area contributed by atoms with Crippen LogP contribution >= 0.6 is 0 Å². The van der Waals surface area contributed by atoms with Crippen molar-refractivity contribution >= 4 is 11.9 Å². The number of carbonyl (C=O) groups excluding carboxylic acids is 1. The predicted molar refractivity (Wildman–Crippen MR) is 118 cm³/mol. The Labute approximate surface area is 180 Å². The zero-order valence-electron chi connectivity index (χ0n) is 18.7. The number of nitrogens with one attached hydrogen (secondary N) is 2. The van der Waals surface area contributed by atoms with Gasteiger partial charge in [-0.2, -0.15) is 0 Å². The van der Waals surface area contributed by atoms with Crippen LogP contribution in [0, 0.1) is 0 Å². The Morgan fingerprint density at radius 2 is 1.97 bits per heavy atom. The smallest absolute Gasteiger partial charge is 0.243 e. The van der Waals surface area contributed by atoms with Gasteiger partial charge in [-0.3, -0.25) is 4.79 Å². The number of hydrogen-bond donors (Lipinski definition) is 2. The lowest BCUT2D eigenvalue weighted by atomic mass is 10.1. The number of nitrogens with zero attached hydrogens (tertiary/aromatic N) is 2. The summed E-state index contributed by atoms with van der Waals surface area (Å²) in [5, 5.41) is 6.62. The van der Waals surface area contributed by atoms with Crippen LogP contribution in [0.3, 0.4) is 0 Å². The van der Waals surface area contributed by atoms with E-state index < -0.39 is 0 Å². The Bertz CT molecular complexity index is 688. The zero-order valence-corrected chi connectivity index (χ0v) is 18.7. The van der Waals surface area contributed by atoms with Gasteiger partial charge in [-0.15, -0.1) is 0 Å². The lowest BCUT2D eigenvalue weighted by molar-refractivity contribution is -0.127. The van der Waals surface area contributed by atoms with Gasteiger partial charge in [-0.05, 0) is 50.8 Å². The molecular formula is C22H36N4O4. The minimum Gasteiger partial charge on any atom is -0.490 e. The van der Waals surface area contributed by atoms with Crippen molar-refractivity contribution in [1.29, 1.82) is 0 Å². The molecule has 1 aliphatic heterocycles. The molecular weight excluding hydrogens is 384 g/mol. The van der Waals surface area contributed by atoms with E-state index in [1.807, 2.05) is 32.0 Å². The van der Waals surface area contributed by atoms with Crippen LogP contribution in [0.25, 0.3) is 0 Å². The van der Waals surface area contributed by atoms with Gasteiger partial charge in [-0.25, -0.2) is 4.99 Å². The van der Waals surface area contributed by atoms with Crippen LogP contribution in [0.5, 0.6) is 11.5 Å². The van der Waals surface area contributed by atoms with Gasteiger partial charge in [-0.1, -0.05) is 6.07 Å². The van der Waals surface area contributed by atoms with Gasteiger partial charge in [0, 0.05) is 33.8 Å². The first kappa shape index (κ1) is 23.8. The van der Waals surface area contributed by atoms with Crippen LogP contribution in [-0.4, -0.2) is 76.4 Å². The van der Waals surface area contributed by atoms with Crippen molar-refractivity contribution in [3.63, 3.8) is 0 Å². The Balaban J connectivity index is 1.93. The molecule has 1 aromatic rings. The summed E-state index contributed by atoms with van der Waals surface area (Å²) in [6.45, 7) is 7.37. The van der Waals surface area contributed by atoms with Gasteiger partial charge in [0.1, 0.15) is 6.54 Å². The molecule has 8 nitrogen and oxygen atoms in total. The molecule has 1 unspecified atom stereocenters. The van der Waals surface area contributed by atoms with Crippen molar-refractivity contribution < 1.29 is 19.0 Å². The third kappa shape index (κ3) is 8.10. The van der Waals surface area contributed by atoms with Crippen molar-refractivity contribution in [2.24, 2.45) is 4.99 Å². The first-order chi connectivity index (χ1) is 14.5. The molecule has 168 valence electrons. The molecule has 1 amide bonds. The normalized spacial score (nSPS) is 16.3. The number of hydrogen-bond acceptors (Lipinski definition) is 5. The molecule has 2 N–H and O–H groups in total. The molecule has 1 saturated heterocycles. The summed E-state index contributed by atoms with van der Waals surface area (Å²) in [4.78, 5) is 17.9. The monoisotopic (exact) mass is 420 g/mol. The van der Waals surface area contributed by atoms with Crippen LogP contribution in [0.1, 0.15) is 32.3 Å². The van der Waals surface area contributed by atoms with Crippen molar-refractivity contribution in [3.8, 4) is 11.5 Å². The number of rotatable bonds is 11. The molecule has 2 rings (SSSR count). The van der Waals surface area contributed by atoms with Crippen LogP contribution < -0.4 is 20.1 Å². The zero-order chi connectivity index (χ0) is 21.8.